The van der Waals surface area contributed by atoms with Gasteiger partial charge in [-0.1, -0.05) is 23.7 Å². The number of aromatic nitrogens is 4. The molecule has 1 aliphatic carbocycles. The van der Waals surface area contributed by atoms with Crippen LogP contribution in [-0.4, -0.2) is 43.7 Å². The van der Waals surface area contributed by atoms with Crippen LogP contribution in [-0.2, 0) is 12.7 Å². The van der Waals surface area contributed by atoms with Crippen molar-refractivity contribution in [2.45, 2.75) is 38.5 Å². The number of imidazole rings is 1. The number of nitrogens with one attached hydrogen (secondary N) is 1. The van der Waals surface area contributed by atoms with Crippen LogP contribution < -0.4 is 10.1 Å². The molecule has 0 saturated heterocycles. The Morgan fingerprint density at radius 1 is 1.18 bits per heavy atom. The van der Waals surface area contributed by atoms with Crippen molar-refractivity contribution in [1.82, 2.24) is 19.5 Å². The van der Waals surface area contributed by atoms with Crippen LogP contribution in [0.15, 0.2) is 42.5 Å². The molecule has 2 aromatic heterocycles. The largest absolute Gasteiger partial charge is 0.495 e. The maximum atomic E-state index is 13.1. The lowest BCUT2D eigenvalue weighted by Crippen LogP contribution is -2.20. The molecule has 0 amide bonds. The SMILES string of the molecule is COc1ccc(-c2nc3nc(C(=O)O)nc(N[C@H](C)C4CC4)c3n2Cc2ccc(C(F)(F)F)cc2)cc1Cl. The van der Waals surface area contributed by atoms with Gasteiger partial charge in [-0.05, 0) is 61.6 Å². The van der Waals surface area contributed by atoms with Gasteiger partial charge in [0.05, 0.1) is 17.7 Å². The number of nitrogens with zero attached hydrogens (tertiary/aromatic N) is 4. The van der Waals surface area contributed by atoms with E-state index in [9.17, 15) is 23.1 Å². The van der Waals surface area contributed by atoms with Crippen LogP contribution in [0.4, 0.5) is 19.0 Å². The van der Waals surface area contributed by atoms with E-state index in [4.69, 9.17) is 16.3 Å². The highest BCUT2D eigenvalue weighted by molar-refractivity contribution is 6.32. The molecule has 2 N–H and O–H groups in total. The van der Waals surface area contributed by atoms with Gasteiger partial charge in [0.25, 0.3) is 0 Å². The van der Waals surface area contributed by atoms with Crippen molar-refractivity contribution in [2.75, 3.05) is 12.4 Å². The first-order valence-electron chi connectivity index (χ1n) is 11.8. The predicted octanol–water partition coefficient (Wildman–Crippen LogP) is 6.13. The Balaban J connectivity index is 1.70. The van der Waals surface area contributed by atoms with Crippen molar-refractivity contribution >= 4 is 34.6 Å². The first-order valence-corrected chi connectivity index (χ1v) is 12.2. The summed E-state index contributed by atoms with van der Waals surface area (Å²) < 4.78 is 46.4. The lowest BCUT2D eigenvalue weighted by Gasteiger charge is -2.17. The van der Waals surface area contributed by atoms with Gasteiger partial charge in [-0.15, -0.1) is 0 Å². The molecule has 0 radical (unpaired) electrons. The Morgan fingerprint density at radius 3 is 2.47 bits per heavy atom. The molecule has 1 aliphatic rings. The van der Waals surface area contributed by atoms with Crippen LogP contribution in [0.2, 0.25) is 5.02 Å². The molecule has 38 heavy (non-hydrogen) atoms. The molecule has 0 aliphatic heterocycles. The van der Waals surface area contributed by atoms with E-state index in [2.05, 4.69) is 20.3 Å². The summed E-state index contributed by atoms with van der Waals surface area (Å²) in [7, 11) is 1.49. The van der Waals surface area contributed by atoms with Gasteiger partial charge >= 0.3 is 12.1 Å². The zero-order valence-corrected chi connectivity index (χ0v) is 21.1. The van der Waals surface area contributed by atoms with Crippen molar-refractivity contribution in [1.29, 1.82) is 0 Å². The monoisotopic (exact) mass is 545 g/mol. The Labute approximate surface area is 220 Å². The lowest BCUT2D eigenvalue weighted by molar-refractivity contribution is -0.137. The Morgan fingerprint density at radius 2 is 1.89 bits per heavy atom. The normalized spacial score (nSPS) is 14.5. The summed E-state index contributed by atoms with van der Waals surface area (Å²) in [5.74, 6) is -0.156. The van der Waals surface area contributed by atoms with Crippen molar-refractivity contribution in [3.05, 3.63) is 64.4 Å². The Hall–Kier alpha value is -3.86. The third kappa shape index (κ3) is 5.10. The van der Waals surface area contributed by atoms with Gasteiger partial charge in [0.15, 0.2) is 11.5 Å². The van der Waals surface area contributed by atoms with Gasteiger partial charge in [-0.2, -0.15) is 13.2 Å². The third-order valence-corrected chi connectivity index (χ3v) is 6.82. The number of ether oxygens (including phenoxy) is 1. The number of carbonyl (C=O) groups is 1. The molecule has 5 rings (SSSR count). The fourth-order valence-corrected chi connectivity index (χ4v) is 4.58. The number of carboxylic acid groups (broad SMARTS) is 1. The van der Waals surface area contributed by atoms with Crippen LogP contribution in [0.3, 0.4) is 0 Å². The molecular weight excluding hydrogens is 523 g/mol. The maximum absolute atomic E-state index is 13.1. The molecule has 2 aromatic carbocycles. The lowest BCUT2D eigenvalue weighted by atomic mass is 10.1. The summed E-state index contributed by atoms with van der Waals surface area (Å²) in [6, 6.07) is 9.90. The van der Waals surface area contributed by atoms with E-state index < -0.39 is 23.5 Å². The number of fused-ring (bicyclic) bond motifs is 1. The van der Waals surface area contributed by atoms with E-state index in [1.165, 1.54) is 19.2 Å². The van der Waals surface area contributed by atoms with Crippen LogP contribution in [0.1, 0.15) is 41.5 Å². The zero-order valence-electron chi connectivity index (χ0n) is 20.4. The van der Waals surface area contributed by atoms with Gasteiger partial charge in [0, 0.05) is 18.2 Å². The number of halogens is 4. The van der Waals surface area contributed by atoms with Crippen LogP contribution in [0.25, 0.3) is 22.6 Å². The zero-order chi connectivity index (χ0) is 27.2. The fourth-order valence-electron chi connectivity index (χ4n) is 4.32. The summed E-state index contributed by atoms with van der Waals surface area (Å²) >= 11 is 6.37. The van der Waals surface area contributed by atoms with E-state index in [1.807, 2.05) is 6.92 Å². The average Bonchev–Trinajstić information content (AvgIpc) is 3.66. The number of methoxy groups -OCH3 is 1. The molecule has 0 bridgehead atoms. The molecule has 4 aromatic rings. The van der Waals surface area contributed by atoms with Crippen LogP contribution in [0.5, 0.6) is 5.75 Å². The van der Waals surface area contributed by atoms with Crippen molar-refractivity contribution in [3.8, 4) is 17.1 Å². The van der Waals surface area contributed by atoms with Crippen LogP contribution >= 0.6 is 11.6 Å². The van der Waals surface area contributed by atoms with Crippen molar-refractivity contribution in [3.63, 3.8) is 0 Å². The molecule has 12 heteroatoms. The number of carboxylic acids is 1. The molecule has 1 fully saturated rings. The first kappa shape index (κ1) is 25.8. The molecule has 1 atom stereocenters. The molecule has 2 heterocycles. The van der Waals surface area contributed by atoms with Gasteiger partial charge in [0.1, 0.15) is 17.1 Å². The summed E-state index contributed by atoms with van der Waals surface area (Å²) in [4.78, 5) is 24.9. The minimum atomic E-state index is -4.46. The number of anilines is 1. The van der Waals surface area contributed by atoms with E-state index in [1.54, 1.807) is 22.8 Å². The van der Waals surface area contributed by atoms with E-state index >= 15 is 0 Å². The second-order valence-electron chi connectivity index (χ2n) is 9.21. The highest BCUT2D eigenvalue weighted by atomic mass is 35.5. The standard InChI is InChI=1S/C26H23ClF3N5O3/c1-13(15-5-6-15)31-21-20-22(33-23(32-21)25(36)37)34-24(16-7-10-19(38-2)18(27)11-16)35(20)12-14-3-8-17(9-4-14)26(28,29)30/h3-4,7-11,13,15H,5-6,12H2,1-2H3,(H,36,37)(H,31,32,33)/t13-/m1/s1. The Bertz CT molecular complexity index is 1520. The van der Waals surface area contributed by atoms with E-state index in [0.717, 1.165) is 25.0 Å². The van der Waals surface area contributed by atoms with Gasteiger partial charge in [0.2, 0.25) is 5.82 Å². The second-order valence-corrected chi connectivity index (χ2v) is 9.62. The van der Waals surface area contributed by atoms with Gasteiger partial charge in [-0.25, -0.2) is 19.7 Å². The summed E-state index contributed by atoms with van der Waals surface area (Å²) in [5, 5.41) is 13.3. The minimum Gasteiger partial charge on any atom is -0.495 e. The summed E-state index contributed by atoms with van der Waals surface area (Å²) in [6.07, 6.45) is -2.36. The number of hydrogen-bond acceptors (Lipinski definition) is 6. The molecule has 8 nitrogen and oxygen atoms in total. The van der Waals surface area contributed by atoms with E-state index in [0.29, 0.717) is 39.2 Å². The minimum absolute atomic E-state index is 0.0167. The van der Waals surface area contributed by atoms with E-state index in [-0.39, 0.29) is 24.1 Å². The number of hydrogen-bond donors (Lipinski definition) is 2. The average molecular weight is 546 g/mol. The van der Waals surface area contributed by atoms with Gasteiger partial charge in [-0.3, -0.25) is 0 Å². The summed E-state index contributed by atoms with van der Waals surface area (Å²) in [5.41, 5.74) is 0.968. The van der Waals surface area contributed by atoms with Crippen LogP contribution in [0, 0.1) is 5.92 Å². The fraction of sp³-hybridized carbons (Fsp3) is 0.308. The maximum Gasteiger partial charge on any atom is 0.416 e. The molecule has 0 unspecified atom stereocenters. The molecular formula is C26H23ClF3N5O3. The topological polar surface area (TPSA) is 102 Å². The third-order valence-electron chi connectivity index (χ3n) is 6.52. The Kier molecular flexibility index (Phi) is 6.64. The number of benzene rings is 2. The van der Waals surface area contributed by atoms with Crippen molar-refractivity contribution in [2.24, 2.45) is 5.92 Å². The smallest absolute Gasteiger partial charge is 0.416 e. The number of aromatic carboxylic acids is 1. The number of rotatable bonds is 8. The second kappa shape index (κ2) is 9.79. The number of alkyl halides is 3. The van der Waals surface area contributed by atoms with Crippen molar-refractivity contribution < 1.29 is 27.8 Å². The highest BCUT2D eigenvalue weighted by Gasteiger charge is 2.31. The highest BCUT2D eigenvalue weighted by Crippen LogP contribution is 2.37. The summed E-state index contributed by atoms with van der Waals surface area (Å²) in [6.45, 7) is 2.11. The first-order chi connectivity index (χ1) is 18.0. The molecule has 0 spiro atoms. The molecule has 198 valence electrons. The predicted molar refractivity (Wildman–Crippen MR) is 136 cm³/mol. The van der Waals surface area contributed by atoms with Gasteiger partial charge < -0.3 is 19.7 Å². The quantitative estimate of drug-likeness (QED) is 0.274. The molecule has 1 saturated carbocycles.